The lowest BCUT2D eigenvalue weighted by molar-refractivity contribution is 0.428. The molecule has 11 heavy (non-hydrogen) atoms. The fourth-order valence-electron chi connectivity index (χ4n) is 0.387. The van der Waals surface area contributed by atoms with Crippen molar-refractivity contribution in [2.24, 2.45) is 5.41 Å². The predicted octanol–water partition coefficient (Wildman–Crippen LogP) is 1.95. The van der Waals surface area contributed by atoms with Gasteiger partial charge in [0.2, 0.25) is 0 Å². The minimum atomic E-state index is -3.64. The van der Waals surface area contributed by atoms with Crippen LogP contribution in [0.3, 0.4) is 0 Å². The smallest absolute Gasteiger partial charge is 0.198 e. The predicted molar refractivity (Wildman–Crippen MR) is 46.6 cm³/mol. The summed E-state index contributed by atoms with van der Waals surface area (Å²) < 4.78 is 20.6. The maximum absolute atomic E-state index is 10.3. The third-order valence-electron chi connectivity index (χ3n) is 0.813. The third kappa shape index (κ3) is 9.80. The fourth-order valence-corrected chi connectivity index (χ4v) is 0.796. The molecule has 0 saturated carbocycles. The van der Waals surface area contributed by atoms with Crippen molar-refractivity contribution in [1.82, 2.24) is 0 Å². The van der Waals surface area contributed by atoms with E-state index in [1.54, 1.807) is 0 Å². The molecule has 0 aromatic heterocycles. The highest BCUT2D eigenvalue weighted by molar-refractivity contribution is 8.17. The van der Waals surface area contributed by atoms with Crippen molar-refractivity contribution in [3.05, 3.63) is 0 Å². The van der Waals surface area contributed by atoms with Crippen molar-refractivity contribution in [1.29, 1.82) is 0 Å². The second-order valence-electron chi connectivity index (χ2n) is 3.45. The summed E-state index contributed by atoms with van der Waals surface area (Å²) in [6.07, 6.45) is 0.527. The van der Waals surface area contributed by atoms with Crippen LogP contribution in [0.1, 0.15) is 27.2 Å². The van der Waals surface area contributed by atoms with Crippen LogP contribution in [0.15, 0.2) is 0 Å². The van der Waals surface area contributed by atoms with Gasteiger partial charge in [0.05, 0.1) is 0 Å². The van der Waals surface area contributed by atoms with Gasteiger partial charge in [-0.15, -0.1) is 0 Å². The molecule has 2 nitrogen and oxygen atoms in total. The van der Waals surface area contributed by atoms with E-state index >= 15 is 0 Å². The van der Waals surface area contributed by atoms with Crippen LogP contribution in [0.5, 0.6) is 0 Å². The largest absolute Gasteiger partial charge is 0.300 e. The van der Waals surface area contributed by atoms with Crippen LogP contribution in [0.4, 0.5) is 0 Å². The molecule has 0 unspecified atom stereocenters. The second-order valence-corrected chi connectivity index (χ2v) is 5.75. The fraction of sp³-hybridized carbons (Fsp3) is 0.714. The standard InChI is InChI=1S/C7H11ClO2S/c1-7(2,3)5-4-6-11(8,9)10/h5H2,1-3H3. The molecule has 0 rings (SSSR count). The summed E-state index contributed by atoms with van der Waals surface area (Å²) in [6, 6.07) is 0. The topological polar surface area (TPSA) is 34.1 Å². The van der Waals surface area contributed by atoms with Crippen molar-refractivity contribution < 1.29 is 8.42 Å². The zero-order valence-corrected chi connectivity index (χ0v) is 8.38. The van der Waals surface area contributed by atoms with Gasteiger partial charge < -0.3 is 0 Å². The van der Waals surface area contributed by atoms with Crippen LogP contribution < -0.4 is 0 Å². The van der Waals surface area contributed by atoms with E-state index in [0.29, 0.717) is 6.42 Å². The minimum Gasteiger partial charge on any atom is -0.198 e. The van der Waals surface area contributed by atoms with Crippen LogP contribution in [-0.4, -0.2) is 8.42 Å². The minimum absolute atomic E-state index is 0.0224. The van der Waals surface area contributed by atoms with Gasteiger partial charge in [-0.2, -0.15) is 8.42 Å². The van der Waals surface area contributed by atoms with E-state index in [0.717, 1.165) is 0 Å². The molecule has 0 fully saturated rings. The van der Waals surface area contributed by atoms with Gasteiger partial charge in [0.1, 0.15) is 0 Å². The van der Waals surface area contributed by atoms with Gasteiger partial charge in [-0.05, 0) is 5.41 Å². The van der Waals surface area contributed by atoms with E-state index in [1.807, 2.05) is 26.0 Å². The Morgan fingerprint density at radius 2 is 1.82 bits per heavy atom. The molecule has 0 atom stereocenters. The Hall–Kier alpha value is -0.200. The summed E-state index contributed by atoms with van der Waals surface area (Å²) in [5, 5.41) is 1.97. The number of halogens is 1. The van der Waals surface area contributed by atoms with Gasteiger partial charge in [0.15, 0.2) is 0 Å². The van der Waals surface area contributed by atoms with Crippen LogP contribution in [0, 0.1) is 16.6 Å². The van der Waals surface area contributed by atoms with E-state index in [1.165, 1.54) is 0 Å². The first-order chi connectivity index (χ1) is 4.71. The Morgan fingerprint density at radius 3 is 2.09 bits per heavy atom. The molecule has 0 aromatic carbocycles. The highest BCUT2D eigenvalue weighted by atomic mass is 35.7. The number of hydrogen-bond acceptors (Lipinski definition) is 2. The molecule has 0 saturated heterocycles. The Balaban J connectivity index is 4.16. The molecule has 0 radical (unpaired) electrons. The van der Waals surface area contributed by atoms with Crippen molar-refractivity contribution in [2.75, 3.05) is 0 Å². The van der Waals surface area contributed by atoms with Crippen molar-refractivity contribution >= 4 is 19.7 Å². The van der Waals surface area contributed by atoms with Gasteiger partial charge in [-0.3, -0.25) is 0 Å². The summed E-state index contributed by atoms with van der Waals surface area (Å²) in [7, 11) is 1.23. The van der Waals surface area contributed by atoms with Crippen molar-refractivity contribution in [3.63, 3.8) is 0 Å². The highest BCUT2D eigenvalue weighted by Crippen LogP contribution is 2.16. The molecular formula is C7H11ClO2S. The number of hydrogen-bond donors (Lipinski definition) is 0. The summed E-state index contributed by atoms with van der Waals surface area (Å²) >= 11 is 0. The molecule has 0 N–H and O–H groups in total. The monoisotopic (exact) mass is 194 g/mol. The molecule has 0 bridgehead atoms. The molecule has 64 valence electrons. The quantitative estimate of drug-likeness (QED) is 0.437. The molecule has 0 spiro atoms. The molecule has 0 aliphatic carbocycles. The van der Waals surface area contributed by atoms with Gasteiger partial charge in [0.25, 0.3) is 0 Å². The first kappa shape index (κ1) is 10.8. The average Bonchev–Trinajstić information content (AvgIpc) is 1.55. The third-order valence-corrected chi connectivity index (χ3v) is 1.43. The normalized spacial score (nSPS) is 12.0. The Bertz CT molecular complexity index is 274. The van der Waals surface area contributed by atoms with E-state index in [9.17, 15) is 8.42 Å². The van der Waals surface area contributed by atoms with E-state index in [4.69, 9.17) is 10.7 Å². The van der Waals surface area contributed by atoms with E-state index in [-0.39, 0.29) is 5.41 Å². The first-order valence-corrected chi connectivity index (χ1v) is 5.46. The summed E-state index contributed by atoms with van der Waals surface area (Å²) in [5.74, 6) is 2.50. The summed E-state index contributed by atoms with van der Waals surface area (Å²) in [4.78, 5) is 0. The van der Waals surface area contributed by atoms with Crippen molar-refractivity contribution in [2.45, 2.75) is 27.2 Å². The molecule has 0 aromatic rings. The first-order valence-electron chi connectivity index (χ1n) is 3.15. The van der Waals surface area contributed by atoms with E-state index in [2.05, 4.69) is 5.92 Å². The summed E-state index contributed by atoms with van der Waals surface area (Å²) in [6.45, 7) is 5.92. The zero-order chi connectivity index (χ0) is 9.12. The van der Waals surface area contributed by atoms with Crippen LogP contribution in [0.25, 0.3) is 0 Å². The average molecular weight is 195 g/mol. The highest BCUT2D eigenvalue weighted by Gasteiger charge is 2.07. The van der Waals surface area contributed by atoms with Crippen LogP contribution in [-0.2, 0) is 9.05 Å². The van der Waals surface area contributed by atoms with Gasteiger partial charge in [-0.1, -0.05) is 26.7 Å². The molecule has 0 amide bonds. The maximum Gasteiger partial charge on any atom is 0.300 e. The zero-order valence-electron chi connectivity index (χ0n) is 6.81. The Morgan fingerprint density at radius 1 is 1.36 bits per heavy atom. The molecular weight excluding hydrogens is 184 g/mol. The maximum atomic E-state index is 10.3. The van der Waals surface area contributed by atoms with Crippen molar-refractivity contribution in [3.8, 4) is 11.2 Å². The van der Waals surface area contributed by atoms with Crippen LogP contribution >= 0.6 is 10.7 Å². The molecule has 4 heteroatoms. The van der Waals surface area contributed by atoms with Crippen LogP contribution in [0.2, 0.25) is 0 Å². The lowest BCUT2D eigenvalue weighted by Crippen LogP contribution is -2.02. The Labute approximate surface area is 72.4 Å². The molecule has 0 aliphatic heterocycles. The Kier molecular flexibility index (Phi) is 3.40. The number of rotatable bonds is 0. The van der Waals surface area contributed by atoms with Gasteiger partial charge in [0, 0.05) is 22.4 Å². The summed E-state index contributed by atoms with van der Waals surface area (Å²) in [5.41, 5.74) is 0.0224. The lowest BCUT2D eigenvalue weighted by Gasteiger charge is -2.12. The second kappa shape index (κ2) is 3.46. The van der Waals surface area contributed by atoms with Gasteiger partial charge >= 0.3 is 9.05 Å². The van der Waals surface area contributed by atoms with Gasteiger partial charge in [-0.25, -0.2) is 0 Å². The molecule has 0 aliphatic rings. The molecule has 0 heterocycles. The lowest BCUT2D eigenvalue weighted by atomic mass is 9.93. The van der Waals surface area contributed by atoms with E-state index < -0.39 is 9.05 Å². The SMILES string of the molecule is CC(C)(C)CC#CS(=O)(=O)Cl.